The van der Waals surface area contributed by atoms with Gasteiger partial charge in [-0.25, -0.2) is 4.79 Å². The van der Waals surface area contributed by atoms with Gasteiger partial charge in [-0.2, -0.15) is 0 Å². The normalized spacial score (nSPS) is 10.3. The highest BCUT2D eigenvalue weighted by Gasteiger charge is 2.01. The molecule has 0 saturated heterocycles. The van der Waals surface area contributed by atoms with Crippen LogP contribution in [0.1, 0.15) is 46.5 Å². The van der Waals surface area contributed by atoms with E-state index < -0.39 is 0 Å². The number of amides is 1. The van der Waals surface area contributed by atoms with E-state index in [1.54, 1.807) is 0 Å². The lowest BCUT2D eigenvalue weighted by atomic mass is 10.2. The van der Waals surface area contributed by atoms with Crippen molar-refractivity contribution in [3.05, 3.63) is 0 Å². The molecule has 0 spiro atoms. The molecule has 0 rings (SSSR count). The Morgan fingerprint density at radius 2 is 2.00 bits per heavy atom. The number of carbonyl (C=O) groups is 1. The molecule has 0 aliphatic heterocycles. The summed E-state index contributed by atoms with van der Waals surface area (Å²) in [5.41, 5.74) is 0. The molecular weight excluding hydrogens is 178 g/mol. The Hall–Kier alpha value is -0.730. The lowest BCUT2D eigenvalue weighted by molar-refractivity contribution is 0.142. The first-order valence-electron chi connectivity index (χ1n) is 5.57. The molecule has 0 heterocycles. The third-order valence-electron chi connectivity index (χ3n) is 1.89. The third kappa shape index (κ3) is 9.36. The van der Waals surface area contributed by atoms with Gasteiger partial charge in [-0.15, -0.1) is 0 Å². The summed E-state index contributed by atoms with van der Waals surface area (Å²) in [6, 6.07) is 0. The summed E-state index contributed by atoms with van der Waals surface area (Å²) in [5.74, 6) is 0.475. The van der Waals surface area contributed by atoms with E-state index in [4.69, 9.17) is 4.74 Å². The summed E-state index contributed by atoms with van der Waals surface area (Å²) in [4.78, 5) is 11.0. The van der Waals surface area contributed by atoms with Gasteiger partial charge in [0.25, 0.3) is 0 Å². The fraction of sp³-hybridized carbons (Fsp3) is 0.909. The smallest absolute Gasteiger partial charge is 0.407 e. The highest BCUT2D eigenvalue weighted by atomic mass is 16.5. The van der Waals surface area contributed by atoms with Crippen LogP contribution in [0.2, 0.25) is 0 Å². The molecule has 0 atom stereocenters. The van der Waals surface area contributed by atoms with Gasteiger partial charge < -0.3 is 10.1 Å². The minimum absolute atomic E-state index is 0.282. The molecule has 3 heteroatoms. The molecule has 0 aromatic carbocycles. The second-order valence-corrected chi connectivity index (χ2v) is 3.97. The molecule has 1 amide bonds. The van der Waals surface area contributed by atoms with E-state index in [0.29, 0.717) is 19.1 Å². The van der Waals surface area contributed by atoms with Crippen LogP contribution in [0.5, 0.6) is 0 Å². The molecule has 0 radical (unpaired) electrons. The summed E-state index contributed by atoms with van der Waals surface area (Å²) >= 11 is 0. The quantitative estimate of drug-likeness (QED) is 0.643. The Bertz CT molecular complexity index is 146. The van der Waals surface area contributed by atoms with Gasteiger partial charge in [0.05, 0.1) is 6.61 Å². The lowest BCUT2D eigenvalue weighted by Crippen LogP contribution is -2.28. The summed E-state index contributed by atoms with van der Waals surface area (Å²) in [5, 5.41) is 2.71. The van der Waals surface area contributed by atoms with E-state index in [0.717, 1.165) is 12.8 Å². The third-order valence-corrected chi connectivity index (χ3v) is 1.89. The zero-order valence-corrected chi connectivity index (χ0v) is 9.64. The van der Waals surface area contributed by atoms with Crippen LogP contribution in [0.25, 0.3) is 0 Å². The molecule has 0 bridgehead atoms. The van der Waals surface area contributed by atoms with Gasteiger partial charge in [0.1, 0.15) is 0 Å². The Balaban J connectivity index is 3.18. The van der Waals surface area contributed by atoms with Crippen LogP contribution in [-0.4, -0.2) is 19.2 Å². The number of unbranched alkanes of at least 4 members (excludes halogenated alkanes) is 3. The van der Waals surface area contributed by atoms with Crippen molar-refractivity contribution in [1.82, 2.24) is 5.32 Å². The van der Waals surface area contributed by atoms with E-state index in [1.807, 2.05) is 0 Å². The highest BCUT2D eigenvalue weighted by molar-refractivity contribution is 5.66. The summed E-state index contributed by atoms with van der Waals surface area (Å²) < 4.78 is 4.99. The maximum Gasteiger partial charge on any atom is 0.407 e. The largest absolute Gasteiger partial charge is 0.450 e. The van der Waals surface area contributed by atoms with Gasteiger partial charge in [0.2, 0.25) is 0 Å². The molecule has 0 aliphatic rings. The molecule has 0 fully saturated rings. The zero-order chi connectivity index (χ0) is 10.8. The lowest BCUT2D eigenvalue weighted by Gasteiger charge is -2.08. The van der Waals surface area contributed by atoms with Crippen molar-refractivity contribution in [1.29, 1.82) is 0 Å². The van der Waals surface area contributed by atoms with Gasteiger partial charge in [-0.3, -0.25) is 0 Å². The molecule has 14 heavy (non-hydrogen) atoms. The van der Waals surface area contributed by atoms with Crippen LogP contribution in [0.15, 0.2) is 0 Å². The number of alkyl carbamates (subject to hydrolysis) is 1. The van der Waals surface area contributed by atoms with Crippen LogP contribution in [0, 0.1) is 5.92 Å². The zero-order valence-electron chi connectivity index (χ0n) is 9.64. The maximum absolute atomic E-state index is 11.0. The SMILES string of the molecule is CCCCCCOC(=O)NCC(C)C. The van der Waals surface area contributed by atoms with Crippen molar-refractivity contribution in [3.63, 3.8) is 0 Å². The minimum Gasteiger partial charge on any atom is -0.450 e. The molecule has 0 saturated carbocycles. The van der Waals surface area contributed by atoms with Crippen LogP contribution < -0.4 is 5.32 Å². The van der Waals surface area contributed by atoms with Crippen molar-refractivity contribution >= 4 is 6.09 Å². The minimum atomic E-state index is -0.282. The van der Waals surface area contributed by atoms with Gasteiger partial charge >= 0.3 is 6.09 Å². The standard InChI is InChI=1S/C11H23NO2/c1-4-5-6-7-8-14-11(13)12-9-10(2)3/h10H,4-9H2,1-3H3,(H,12,13). The van der Waals surface area contributed by atoms with Crippen LogP contribution in [0.3, 0.4) is 0 Å². The van der Waals surface area contributed by atoms with Crippen LogP contribution in [-0.2, 0) is 4.74 Å². The van der Waals surface area contributed by atoms with Crippen molar-refractivity contribution in [3.8, 4) is 0 Å². The molecule has 0 aliphatic carbocycles. The first kappa shape index (κ1) is 13.3. The van der Waals surface area contributed by atoms with Crippen molar-refractivity contribution in [2.75, 3.05) is 13.2 Å². The molecule has 3 nitrogen and oxygen atoms in total. The van der Waals surface area contributed by atoms with Gasteiger partial charge in [0.15, 0.2) is 0 Å². The molecule has 0 aromatic rings. The fourth-order valence-electron chi connectivity index (χ4n) is 1.03. The van der Waals surface area contributed by atoms with Crippen LogP contribution in [0.4, 0.5) is 4.79 Å². The number of hydrogen-bond donors (Lipinski definition) is 1. The summed E-state index contributed by atoms with van der Waals surface area (Å²) in [7, 11) is 0. The maximum atomic E-state index is 11.0. The van der Waals surface area contributed by atoms with Gasteiger partial charge in [0, 0.05) is 6.54 Å². The van der Waals surface area contributed by atoms with Crippen LogP contribution >= 0.6 is 0 Å². The summed E-state index contributed by atoms with van der Waals surface area (Å²) in [6.07, 6.45) is 4.27. The molecular formula is C11H23NO2. The highest BCUT2D eigenvalue weighted by Crippen LogP contribution is 1.98. The Kier molecular flexibility index (Phi) is 8.39. The average Bonchev–Trinajstić information content (AvgIpc) is 2.14. The molecule has 84 valence electrons. The van der Waals surface area contributed by atoms with Crippen molar-refractivity contribution in [2.45, 2.75) is 46.5 Å². The molecule has 0 unspecified atom stereocenters. The number of nitrogens with one attached hydrogen (secondary N) is 1. The fourth-order valence-corrected chi connectivity index (χ4v) is 1.03. The molecule has 0 aromatic heterocycles. The van der Waals surface area contributed by atoms with E-state index in [9.17, 15) is 4.79 Å². The average molecular weight is 201 g/mol. The number of ether oxygens (including phenoxy) is 1. The van der Waals surface area contributed by atoms with Gasteiger partial charge in [-0.05, 0) is 12.3 Å². The van der Waals surface area contributed by atoms with Crippen molar-refractivity contribution in [2.24, 2.45) is 5.92 Å². The number of rotatable bonds is 7. The first-order chi connectivity index (χ1) is 6.66. The van der Waals surface area contributed by atoms with E-state index >= 15 is 0 Å². The predicted molar refractivity (Wildman–Crippen MR) is 58.3 cm³/mol. The Labute approximate surface area is 87.2 Å². The van der Waals surface area contributed by atoms with Crippen molar-refractivity contribution < 1.29 is 9.53 Å². The topological polar surface area (TPSA) is 38.3 Å². The Morgan fingerprint density at radius 3 is 2.57 bits per heavy atom. The van der Waals surface area contributed by atoms with E-state index in [-0.39, 0.29) is 6.09 Å². The second kappa shape index (κ2) is 8.85. The molecule has 1 N–H and O–H groups in total. The second-order valence-electron chi connectivity index (χ2n) is 3.97. The van der Waals surface area contributed by atoms with E-state index in [2.05, 4.69) is 26.1 Å². The number of carbonyl (C=O) groups excluding carboxylic acids is 1. The summed E-state index contributed by atoms with van der Waals surface area (Å²) in [6.45, 7) is 7.51. The predicted octanol–water partition coefficient (Wildman–Crippen LogP) is 2.95. The first-order valence-corrected chi connectivity index (χ1v) is 5.57. The Morgan fingerprint density at radius 1 is 1.29 bits per heavy atom. The monoisotopic (exact) mass is 201 g/mol. The number of hydrogen-bond acceptors (Lipinski definition) is 2. The van der Waals surface area contributed by atoms with Gasteiger partial charge in [-0.1, -0.05) is 40.0 Å². The van der Waals surface area contributed by atoms with E-state index in [1.165, 1.54) is 12.8 Å².